The zero-order chi connectivity index (χ0) is 60.1. The van der Waals surface area contributed by atoms with Crippen molar-refractivity contribution in [2.75, 3.05) is 9.80 Å². The van der Waals surface area contributed by atoms with Gasteiger partial charge in [-0.05, 0) is 182 Å². The van der Waals surface area contributed by atoms with Crippen molar-refractivity contribution >= 4 is 56.5 Å². The first-order valence-corrected chi connectivity index (χ1v) is 29.6. The molecule has 0 spiro atoms. The third kappa shape index (κ3) is 9.58. The van der Waals surface area contributed by atoms with E-state index in [2.05, 4.69) is 175 Å². The van der Waals surface area contributed by atoms with Crippen LogP contribution >= 0.6 is 0 Å². The fourth-order valence-corrected chi connectivity index (χ4v) is 12.4. The van der Waals surface area contributed by atoms with Crippen molar-refractivity contribution < 1.29 is 19.1 Å². The van der Waals surface area contributed by atoms with Crippen molar-refractivity contribution in [1.29, 1.82) is 0 Å². The van der Waals surface area contributed by atoms with Gasteiger partial charge in [0, 0.05) is 47.3 Å². The Morgan fingerprint density at radius 3 is 1.02 bits per heavy atom. The highest BCUT2D eigenvalue weighted by Gasteiger charge is 2.29. The lowest BCUT2D eigenvalue weighted by molar-refractivity contribution is 0.102. The number of carbonyl (C=O) groups excluding carboxylic acids is 2. The zero-order valence-electron chi connectivity index (χ0n) is 48.2. The van der Waals surface area contributed by atoms with Crippen molar-refractivity contribution in [2.45, 2.75) is 0 Å². The first-order chi connectivity index (χ1) is 44.5. The van der Waals surface area contributed by atoms with E-state index >= 15 is 0 Å². The Bertz CT molecular complexity index is 5030. The van der Waals surface area contributed by atoms with Crippen molar-refractivity contribution in [3.8, 4) is 89.8 Å². The summed E-state index contributed by atoms with van der Waals surface area (Å²) in [6.45, 7) is 0. The molecule has 10 heteroatoms. The van der Waals surface area contributed by atoms with E-state index in [4.69, 9.17) is 9.47 Å². The van der Waals surface area contributed by atoms with Crippen molar-refractivity contribution in [2.24, 2.45) is 0 Å². The van der Waals surface area contributed by atoms with Crippen LogP contribution in [0.25, 0.3) is 77.5 Å². The molecule has 90 heavy (non-hydrogen) atoms. The summed E-state index contributed by atoms with van der Waals surface area (Å²) in [6.07, 6.45) is 6.74. The number of ether oxygens (including phenoxy) is 2. The molecule has 0 aliphatic carbocycles. The van der Waals surface area contributed by atoms with Crippen LogP contribution in [0.4, 0.5) is 34.1 Å². The molecule has 10 nitrogen and oxygen atoms in total. The third-order valence-corrected chi connectivity index (χ3v) is 16.7. The molecule has 6 heterocycles. The second-order valence-electron chi connectivity index (χ2n) is 22.0. The normalized spacial score (nSPS) is 12.0. The summed E-state index contributed by atoms with van der Waals surface area (Å²) in [6, 6.07) is 94.5. The Labute approximate surface area is 518 Å². The molecule has 0 fully saturated rings. The van der Waals surface area contributed by atoms with Gasteiger partial charge in [0.25, 0.3) is 0 Å². The SMILES string of the molecule is O=C(c1ccccn1)c1ccc(-c2ccc(-c3ccc(-c4cccc(N5c6ccccc6Oc6ccccc65)c4)c4c(-c5cccc(-c6ccc(C(=O)c7ccccn7)nc6)c5)ccc(-c5cccc(N6c7ccccc7Oc7ccccc76)c5)c34)cc2)cn1. The summed E-state index contributed by atoms with van der Waals surface area (Å²) in [5.41, 5.74) is 18.8. The maximum atomic E-state index is 13.5. The minimum Gasteiger partial charge on any atom is -0.453 e. The number of pyridine rings is 4. The van der Waals surface area contributed by atoms with Crippen LogP contribution in [-0.2, 0) is 0 Å². The summed E-state index contributed by atoms with van der Waals surface area (Å²) in [5, 5.41) is 2.10. The monoisotopic (exact) mass is 1160 g/mol. The minimum absolute atomic E-state index is 0.232. The largest absolute Gasteiger partial charge is 0.453 e. The summed E-state index contributed by atoms with van der Waals surface area (Å²) in [7, 11) is 0. The fraction of sp³-hybridized carbons (Fsp3) is 0. The average molecular weight is 1160 g/mol. The Balaban J connectivity index is 0.903. The van der Waals surface area contributed by atoms with Crippen molar-refractivity contribution in [3.05, 3.63) is 327 Å². The highest BCUT2D eigenvalue weighted by atomic mass is 16.5. The van der Waals surface area contributed by atoms with Gasteiger partial charge < -0.3 is 19.3 Å². The first kappa shape index (κ1) is 53.1. The maximum absolute atomic E-state index is 13.5. The number of aromatic nitrogens is 4. The molecule has 2 aliphatic rings. The van der Waals surface area contributed by atoms with Gasteiger partial charge in [-0.25, -0.2) is 0 Å². The molecule has 2 aliphatic heterocycles. The molecule has 0 radical (unpaired) electrons. The van der Waals surface area contributed by atoms with Crippen LogP contribution in [0.1, 0.15) is 32.4 Å². The van der Waals surface area contributed by atoms with Gasteiger partial charge in [0.05, 0.1) is 22.7 Å². The first-order valence-electron chi connectivity index (χ1n) is 29.6. The van der Waals surface area contributed by atoms with Crippen LogP contribution in [0, 0.1) is 0 Å². The molecule has 10 aromatic carbocycles. The molecule has 424 valence electrons. The number of hydrogen-bond acceptors (Lipinski definition) is 10. The van der Waals surface area contributed by atoms with E-state index in [-0.39, 0.29) is 11.6 Å². The summed E-state index contributed by atoms with van der Waals surface area (Å²) in [5.74, 6) is 2.62. The fourth-order valence-electron chi connectivity index (χ4n) is 12.4. The summed E-state index contributed by atoms with van der Waals surface area (Å²) >= 11 is 0. The number of fused-ring (bicyclic) bond motifs is 5. The number of rotatable bonds is 12. The Hall–Kier alpha value is -12.4. The van der Waals surface area contributed by atoms with Gasteiger partial charge in [-0.15, -0.1) is 0 Å². The van der Waals surface area contributed by atoms with E-state index in [0.29, 0.717) is 22.8 Å². The predicted octanol–water partition coefficient (Wildman–Crippen LogP) is 20.0. The van der Waals surface area contributed by atoms with Gasteiger partial charge in [0.1, 0.15) is 22.8 Å². The van der Waals surface area contributed by atoms with Gasteiger partial charge in [0.15, 0.2) is 23.0 Å². The Morgan fingerprint density at radius 2 is 0.611 bits per heavy atom. The second-order valence-corrected chi connectivity index (χ2v) is 22.0. The minimum atomic E-state index is -0.238. The van der Waals surface area contributed by atoms with Crippen LogP contribution in [0.2, 0.25) is 0 Å². The topological polar surface area (TPSA) is 111 Å². The van der Waals surface area contributed by atoms with E-state index in [9.17, 15) is 9.59 Å². The van der Waals surface area contributed by atoms with Crippen molar-refractivity contribution in [3.63, 3.8) is 0 Å². The number of hydrogen-bond donors (Lipinski definition) is 0. The zero-order valence-corrected chi connectivity index (χ0v) is 48.2. The van der Waals surface area contributed by atoms with E-state index in [0.717, 1.165) is 135 Å². The van der Waals surface area contributed by atoms with Gasteiger partial charge in [-0.2, -0.15) is 0 Å². The van der Waals surface area contributed by atoms with Crippen LogP contribution in [-0.4, -0.2) is 31.5 Å². The third-order valence-electron chi connectivity index (χ3n) is 16.7. The van der Waals surface area contributed by atoms with E-state index in [1.54, 1.807) is 73.3 Å². The lowest BCUT2D eigenvalue weighted by atomic mass is 9.83. The van der Waals surface area contributed by atoms with Gasteiger partial charge in [-0.3, -0.25) is 29.5 Å². The van der Waals surface area contributed by atoms with E-state index < -0.39 is 0 Å². The molecular formula is C80H50N6O4. The van der Waals surface area contributed by atoms with Gasteiger partial charge in [0.2, 0.25) is 11.6 Å². The maximum Gasteiger partial charge on any atom is 0.229 e. The molecule has 14 aromatic rings. The number of benzene rings is 10. The van der Waals surface area contributed by atoms with Crippen LogP contribution in [0.3, 0.4) is 0 Å². The molecule has 0 saturated carbocycles. The predicted molar refractivity (Wildman–Crippen MR) is 357 cm³/mol. The van der Waals surface area contributed by atoms with E-state index in [1.165, 1.54) is 0 Å². The van der Waals surface area contributed by atoms with E-state index in [1.807, 2.05) is 84.9 Å². The second kappa shape index (κ2) is 22.5. The van der Waals surface area contributed by atoms with Crippen molar-refractivity contribution in [1.82, 2.24) is 19.9 Å². The highest BCUT2D eigenvalue weighted by molar-refractivity contribution is 6.18. The molecule has 0 amide bonds. The molecule has 4 aromatic heterocycles. The van der Waals surface area contributed by atoms with Crippen LogP contribution in [0.5, 0.6) is 23.0 Å². The smallest absolute Gasteiger partial charge is 0.229 e. The van der Waals surface area contributed by atoms with Gasteiger partial charge in [-0.1, -0.05) is 164 Å². The lowest BCUT2D eigenvalue weighted by Gasteiger charge is -2.33. The summed E-state index contributed by atoms with van der Waals surface area (Å²) < 4.78 is 13.0. The molecule has 0 saturated heterocycles. The molecule has 0 N–H and O–H groups in total. The average Bonchev–Trinajstić information content (AvgIpc) is 0.791. The summed E-state index contributed by atoms with van der Waals surface area (Å²) in [4.78, 5) is 49.2. The van der Waals surface area contributed by atoms with Crippen LogP contribution in [0.15, 0.2) is 304 Å². The van der Waals surface area contributed by atoms with Crippen LogP contribution < -0.4 is 19.3 Å². The number of carbonyl (C=O) groups is 2. The molecule has 16 rings (SSSR count). The van der Waals surface area contributed by atoms with Gasteiger partial charge >= 0.3 is 0 Å². The number of ketones is 2. The quantitative estimate of drug-likeness (QED) is 0.110. The molecular weight excluding hydrogens is 1110 g/mol. The number of nitrogens with zero attached hydrogens (tertiary/aromatic N) is 6. The number of para-hydroxylation sites is 8. The molecule has 0 unspecified atom stereocenters. The molecule has 0 atom stereocenters. The number of anilines is 6. The Morgan fingerprint density at radius 1 is 0.267 bits per heavy atom. The molecule has 0 bridgehead atoms. The standard InChI is InChI=1S/C80H50N6O4/c87-79(65-22-9-11-44-81-65)67-42-36-57(49-83-67)51-32-34-52(35-33-51)61-38-39-64(56-19-15-21-60(48-56)86-71-26-3-7-30-75(71)90-76-31-8-4-27-72(76)86)78-62(54-17-13-16-53(46-54)58-37-43-68(84-50-58)80(88)66-23-10-12-45-82-66)40-41-63(77(61)78)55-18-14-20-59(47-55)85-69-24-1-5-28-73(69)89-74-29-6-2-25-70(74)85/h1-50H. The lowest BCUT2D eigenvalue weighted by Crippen LogP contribution is -2.15. The highest BCUT2D eigenvalue weighted by Crippen LogP contribution is 2.54. The Kier molecular flexibility index (Phi) is 13.3.